The minimum Gasteiger partial charge on any atom is -0.307 e. The third kappa shape index (κ3) is 2.23. The van der Waals surface area contributed by atoms with E-state index in [-0.39, 0.29) is 5.54 Å². The Morgan fingerprint density at radius 2 is 2.20 bits per heavy atom. The summed E-state index contributed by atoms with van der Waals surface area (Å²) in [4.78, 5) is 0. The van der Waals surface area contributed by atoms with Crippen molar-refractivity contribution in [3.63, 3.8) is 0 Å². The van der Waals surface area contributed by atoms with Gasteiger partial charge in [-0.25, -0.2) is 0 Å². The summed E-state index contributed by atoms with van der Waals surface area (Å²) in [6, 6.07) is 0. The maximum absolute atomic E-state index is 4.25. The van der Waals surface area contributed by atoms with Crippen molar-refractivity contribution in [2.75, 3.05) is 0 Å². The molecule has 0 bridgehead atoms. The summed E-state index contributed by atoms with van der Waals surface area (Å²) < 4.78 is 1.93. The number of nitrogens with one attached hydrogen (secondary N) is 1. The Labute approximate surface area is 91.9 Å². The molecular formula is C12H21N3. The first-order valence-corrected chi connectivity index (χ1v) is 5.73. The molecule has 84 valence electrons. The lowest BCUT2D eigenvalue weighted by atomic mass is 9.98. The molecule has 0 aromatic carbocycles. The molecular weight excluding hydrogens is 186 g/mol. The molecule has 0 aliphatic heterocycles. The van der Waals surface area contributed by atoms with Crippen LogP contribution >= 0.6 is 0 Å². The summed E-state index contributed by atoms with van der Waals surface area (Å²) in [5.74, 6) is 0.870. The molecule has 0 radical (unpaired) electrons. The van der Waals surface area contributed by atoms with Gasteiger partial charge in [0.05, 0.1) is 6.20 Å². The predicted octanol–water partition coefficient (Wildman–Crippen LogP) is 2.01. The Bertz CT molecular complexity index is 348. The topological polar surface area (TPSA) is 29.9 Å². The van der Waals surface area contributed by atoms with Gasteiger partial charge in [0, 0.05) is 30.4 Å². The molecule has 0 spiro atoms. The average Bonchev–Trinajstić information content (AvgIpc) is 2.96. The number of nitrogens with zero attached hydrogens (tertiary/aromatic N) is 2. The molecule has 0 amide bonds. The quantitative estimate of drug-likeness (QED) is 0.818. The van der Waals surface area contributed by atoms with Crippen molar-refractivity contribution in [2.24, 2.45) is 13.0 Å². The van der Waals surface area contributed by atoms with Crippen LogP contribution in [-0.2, 0) is 13.6 Å². The highest BCUT2D eigenvalue weighted by Gasteiger charge is 2.37. The third-order valence-corrected chi connectivity index (χ3v) is 3.67. The molecule has 1 heterocycles. The summed E-state index contributed by atoms with van der Waals surface area (Å²) in [5.41, 5.74) is 2.85. The Balaban J connectivity index is 1.95. The fourth-order valence-electron chi connectivity index (χ4n) is 1.99. The van der Waals surface area contributed by atoms with Crippen LogP contribution in [0.3, 0.4) is 0 Å². The summed E-state index contributed by atoms with van der Waals surface area (Å²) >= 11 is 0. The van der Waals surface area contributed by atoms with Gasteiger partial charge in [0.2, 0.25) is 0 Å². The normalized spacial score (nSPS) is 17.1. The van der Waals surface area contributed by atoms with Gasteiger partial charge >= 0.3 is 0 Å². The van der Waals surface area contributed by atoms with E-state index in [0.717, 1.165) is 12.5 Å². The SMILES string of the molecule is Cc1c(CNC(C)(C)C2CC2)cnn1C. The molecule has 3 heteroatoms. The van der Waals surface area contributed by atoms with Crippen molar-refractivity contribution >= 4 is 0 Å². The van der Waals surface area contributed by atoms with E-state index in [4.69, 9.17) is 0 Å². The second-order valence-electron chi connectivity index (χ2n) is 5.23. The van der Waals surface area contributed by atoms with Crippen LogP contribution in [-0.4, -0.2) is 15.3 Å². The molecule has 1 N–H and O–H groups in total. The Hall–Kier alpha value is -0.830. The van der Waals surface area contributed by atoms with Crippen LogP contribution in [0.2, 0.25) is 0 Å². The fourth-order valence-corrected chi connectivity index (χ4v) is 1.99. The van der Waals surface area contributed by atoms with Crippen molar-refractivity contribution in [1.29, 1.82) is 0 Å². The van der Waals surface area contributed by atoms with Crippen LogP contribution in [0.25, 0.3) is 0 Å². The number of aryl methyl sites for hydroxylation is 1. The van der Waals surface area contributed by atoms with E-state index in [9.17, 15) is 0 Å². The molecule has 15 heavy (non-hydrogen) atoms. The van der Waals surface area contributed by atoms with Gasteiger partial charge in [0.25, 0.3) is 0 Å². The first kappa shape index (κ1) is 10.7. The van der Waals surface area contributed by atoms with Gasteiger partial charge in [-0.2, -0.15) is 5.10 Å². The lowest BCUT2D eigenvalue weighted by Gasteiger charge is -2.26. The van der Waals surface area contributed by atoms with E-state index in [0.29, 0.717) is 0 Å². The highest BCUT2D eigenvalue weighted by atomic mass is 15.3. The molecule has 1 fully saturated rings. The highest BCUT2D eigenvalue weighted by Crippen LogP contribution is 2.39. The predicted molar refractivity (Wildman–Crippen MR) is 61.6 cm³/mol. The van der Waals surface area contributed by atoms with E-state index < -0.39 is 0 Å². The smallest absolute Gasteiger partial charge is 0.0537 e. The molecule has 0 atom stereocenters. The Morgan fingerprint density at radius 3 is 2.67 bits per heavy atom. The number of aromatic nitrogens is 2. The third-order valence-electron chi connectivity index (χ3n) is 3.67. The minimum atomic E-state index is 0.280. The monoisotopic (exact) mass is 207 g/mol. The molecule has 1 aromatic heterocycles. The molecule has 1 aromatic rings. The average molecular weight is 207 g/mol. The van der Waals surface area contributed by atoms with Crippen molar-refractivity contribution in [3.8, 4) is 0 Å². The van der Waals surface area contributed by atoms with Gasteiger partial charge < -0.3 is 5.32 Å². The second kappa shape index (κ2) is 3.63. The van der Waals surface area contributed by atoms with Crippen LogP contribution in [0.1, 0.15) is 37.9 Å². The lowest BCUT2D eigenvalue weighted by Crippen LogP contribution is -2.40. The van der Waals surface area contributed by atoms with Gasteiger partial charge in [-0.1, -0.05) is 0 Å². The van der Waals surface area contributed by atoms with Crippen LogP contribution < -0.4 is 5.32 Å². The highest BCUT2D eigenvalue weighted by molar-refractivity contribution is 5.16. The largest absolute Gasteiger partial charge is 0.307 e. The van der Waals surface area contributed by atoms with Gasteiger partial charge in [0.1, 0.15) is 0 Å². The molecule has 0 unspecified atom stereocenters. The van der Waals surface area contributed by atoms with Crippen LogP contribution in [0.15, 0.2) is 6.20 Å². The number of hydrogen-bond donors (Lipinski definition) is 1. The van der Waals surface area contributed by atoms with Crippen LogP contribution in [0.4, 0.5) is 0 Å². The van der Waals surface area contributed by atoms with Crippen molar-refractivity contribution < 1.29 is 0 Å². The zero-order valence-corrected chi connectivity index (χ0v) is 10.2. The molecule has 3 nitrogen and oxygen atoms in total. The van der Waals surface area contributed by atoms with E-state index in [2.05, 4.69) is 31.2 Å². The maximum Gasteiger partial charge on any atom is 0.0537 e. The van der Waals surface area contributed by atoms with Gasteiger partial charge in [0.15, 0.2) is 0 Å². The molecule has 2 rings (SSSR count). The number of rotatable bonds is 4. The van der Waals surface area contributed by atoms with Crippen molar-refractivity contribution in [1.82, 2.24) is 15.1 Å². The van der Waals surface area contributed by atoms with Crippen LogP contribution in [0.5, 0.6) is 0 Å². The molecule has 1 aliphatic rings. The van der Waals surface area contributed by atoms with Gasteiger partial charge in [-0.3, -0.25) is 4.68 Å². The fraction of sp³-hybridized carbons (Fsp3) is 0.750. The van der Waals surface area contributed by atoms with Gasteiger partial charge in [-0.05, 0) is 39.5 Å². The van der Waals surface area contributed by atoms with Crippen molar-refractivity contribution in [3.05, 3.63) is 17.5 Å². The number of hydrogen-bond acceptors (Lipinski definition) is 2. The summed E-state index contributed by atoms with van der Waals surface area (Å²) in [6.07, 6.45) is 4.73. The lowest BCUT2D eigenvalue weighted by molar-refractivity contribution is 0.339. The van der Waals surface area contributed by atoms with Crippen molar-refractivity contribution in [2.45, 2.75) is 45.7 Å². The van der Waals surface area contributed by atoms with E-state index in [1.165, 1.54) is 24.1 Å². The molecule has 0 saturated heterocycles. The zero-order chi connectivity index (χ0) is 11.1. The summed E-state index contributed by atoms with van der Waals surface area (Å²) in [7, 11) is 1.99. The molecule has 1 aliphatic carbocycles. The summed E-state index contributed by atoms with van der Waals surface area (Å²) in [6.45, 7) is 7.66. The minimum absolute atomic E-state index is 0.280. The Morgan fingerprint density at radius 1 is 1.53 bits per heavy atom. The van der Waals surface area contributed by atoms with Gasteiger partial charge in [-0.15, -0.1) is 0 Å². The first-order valence-electron chi connectivity index (χ1n) is 5.73. The summed E-state index contributed by atoms with van der Waals surface area (Å²) in [5, 5.41) is 7.89. The maximum atomic E-state index is 4.25. The van der Waals surface area contributed by atoms with E-state index in [1.54, 1.807) is 0 Å². The van der Waals surface area contributed by atoms with E-state index >= 15 is 0 Å². The first-order chi connectivity index (χ1) is 7.00. The second-order valence-corrected chi connectivity index (χ2v) is 5.23. The molecule has 1 saturated carbocycles. The van der Waals surface area contributed by atoms with E-state index in [1.807, 2.05) is 17.9 Å². The standard InChI is InChI=1S/C12H21N3/c1-9-10(8-14-15(9)4)7-13-12(2,3)11-5-6-11/h8,11,13H,5-7H2,1-4H3. The zero-order valence-electron chi connectivity index (χ0n) is 10.2. The van der Waals surface area contributed by atoms with Crippen LogP contribution in [0, 0.1) is 12.8 Å². The Kier molecular flexibility index (Phi) is 2.59.